The predicted molar refractivity (Wildman–Crippen MR) is 76.3 cm³/mol. The Kier molecular flexibility index (Phi) is 5.37. The molecule has 129 valence electrons. The number of alkyl halides is 4. The van der Waals surface area contributed by atoms with Crippen LogP contribution in [0.5, 0.6) is 5.75 Å². The molecular weight excluding hydrogens is 335 g/mol. The first-order valence-corrected chi connectivity index (χ1v) is 6.70. The molecule has 0 unspecified atom stereocenters. The van der Waals surface area contributed by atoms with Crippen LogP contribution in [-0.4, -0.2) is 23.4 Å². The van der Waals surface area contributed by atoms with Crippen LogP contribution in [-0.2, 0) is 6.18 Å². The molecular formula is C14H12F5N4O. The fourth-order valence-electron chi connectivity index (χ4n) is 1.76. The maximum absolute atomic E-state index is 13.7. The lowest BCUT2D eigenvalue weighted by Crippen LogP contribution is -2.14. The van der Waals surface area contributed by atoms with Crippen LogP contribution in [0.4, 0.5) is 39.4 Å². The van der Waals surface area contributed by atoms with Gasteiger partial charge in [0.2, 0.25) is 12.8 Å². The Morgan fingerprint density at radius 1 is 1.33 bits per heavy atom. The number of nitrogens with zero attached hydrogens (tertiary/aromatic N) is 2. The van der Waals surface area contributed by atoms with Crippen LogP contribution >= 0.6 is 0 Å². The van der Waals surface area contributed by atoms with Gasteiger partial charge in [-0.15, -0.1) is 0 Å². The summed E-state index contributed by atoms with van der Waals surface area (Å²) in [5.41, 5.74) is -1.24. The summed E-state index contributed by atoms with van der Waals surface area (Å²) in [6, 6.07) is 4.32. The van der Waals surface area contributed by atoms with E-state index in [1.54, 1.807) is 6.92 Å². The Hall–Kier alpha value is -2.65. The zero-order valence-electron chi connectivity index (χ0n) is 12.3. The number of ether oxygens (including phenoxy) is 1. The molecule has 2 aromatic rings. The van der Waals surface area contributed by atoms with Crippen molar-refractivity contribution in [3.63, 3.8) is 0 Å². The lowest BCUT2D eigenvalue weighted by atomic mass is 10.3. The van der Waals surface area contributed by atoms with Crippen molar-refractivity contribution in [3.05, 3.63) is 35.8 Å². The third kappa shape index (κ3) is 4.21. The molecule has 10 heteroatoms. The molecule has 0 saturated heterocycles. The highest BCUT2D eigenvalue weighted by atomic mass is 19.4. The monoisotopic (exact) mass is 347 g/mol. The number of nitrogens with one attached hydrogen (secondary N) is 2. The van der Waals surface area contributed by atoms with E-state index >= 15 is 0 Å². The summed E-state index contributed by atoms with van der Waals surface area (Å²) in [5.74, 6) is -1.57. The fraction of sp³-hybridized carbons (Fsp3) is 0.286. The van der Waals surface area contributed by atoms with Crippen molar-refractivity contribution in [2.45, 2.75) is 13.1 Å². The zero-order chi connectivity index (χ0) is 17.7. The molecule has 2 N–H and O–H groups in total. The van der Waals surface area contributed by atoms with E-state index in [4.69, 9.17) is 0 Å². The smallest absolute Gasteiger partial charge is 0.421 e. The molecule has 1 aromatic carbocycles. The normalized spacial score (nSPS) is 11.2. The van der Waals surface area contributed by atoms with E-state index in [1.165, 1.54) is 0 Å². The summed E-state index contributed by atoms with van der Waals surface area (Å²) in [6.07, 6.45) is -4.05. The fourth-order valence-corrected chi connectivity index (χ4v) is 1.76. The van der Waals surface area contributed by atoms with Crippen molar-refractivity contribution in [1.29, 1.82) is 0 Å². The standard InChI is InChI=1S/C14H12F5N4O/c1-2-20-12-9(14(17,18)19)6-21-13(23-12)22-11-5-8(24-7-15)3-4-10(11)16/h4-6H,2,7H2,1H3,(H2,20,21,22,23). The van der Waals surface area contributed by atoms with Crippen LogP contribution in [0.2, 0.25) is 0 Å². The molecule has 0 bridgehead atoms. The topological polar surface area (TPSA) is 59.1 Å². The number of halogens is 5. The number of benzene rings is 1. The van der Waals surface area contributed by atoms with E-state index < -0.39 is 30.2 Å². The Morgan fingerprint density at radius 3 is 2.71 bits per heavy atom. The molecule has 1 radical (unpaired) electrons. The van der Waals surface area contributed by atoms with Crippen molar-refractivity contribution in [2.75, 3.05) is 24.0 Å². The molecule has 2 rings (SSSR count). The summed E-state index contributed by atoms with van der Waals surface area (Å²) in [5, 5.41) is 4.89. The van der Waals surface area contributed by atoms with Gasteiger partial charge in [-0.3, -0.25) is 0 Å². The van der Waals surface area contributed by atoms with Crippen molar-refractivity contribution >= 4 is 17.5 Å². The van der Waals surface area contributed by atoms with Gasteiger partial charge in [0.15, 0.2) is 0 Å². The van der Waals surface area contributed by atoms with Gasteiger partial charge in [0.25, 0.3) is 0 Å². The molecule has 0 saturated carbocycles. The van der Waals surface area contributed by atoms with Gasteiger partial charge in [-0.2, -0.15) is 18.2 Å². The van der Waals surface area contributed by atoms with Crippen LogP contribution in [0.1, 0.15) is 12.5 Å². The van der Waals surface area contributed by atoms with Gasteiger partial charge in [0.05, 0.1) is 5.69 Å². The molecule has 1 heterocycles. The van der Waals surface area contributed by atoms with Gasteiger partial charge in [0.1, 0.15) is 22.9 Å². The summed E-state index contributed by atoms with van der Waals surface area (Å²) < 4.78 is 69.0. The minimum absolute atomic E-state index is 0.0831. The maximum Gasteiger partial charge on any atom is 0.421 e. The Labute approximate surface area is 133 Å². The van der Waals surface area contributed by atoms with Crippen molar-refractivity contribution in [2.24, 2.45) is 0 Å². The summed E-state index contributed by atoms with van der Waals surface area (Å²) in [7, 11) is 0. The van der Waals surface area contributed by atoms with Crippen molar-refractivity contribution < 1.29 is 26.7 Å². The second-order valence-electron chi connectivity index (χ2n) is 4.42. The zero-order valence-corrected chi connectivity index (χ0v) is 12.3. The Balaban J connectivity index is 2.33. The van der Waals surface area contributed by atoms with Gasteiger partial charge in [-0.1, -0.05) is 0 Å². The first-order chi connectivity index (χ1) is 11.3. The van der Waals surface area contributed by atoms with E-state index in [9.17, 15) is 22.0 Å². The molecule has 0 amide bonds. The molecule has 0 fully saturated rings. The van der Waals surface area contributed by atoms with Gasteiger partial charge in [-0.05, 0) is 13.0 Å². The highest BCUT2D eigenvalue weighted by molar-refractivity contribution is 5.59. The van der Waals surface area contributed by atoms with E-state index in [-0.39, 0.29) is 23.9 Å². The average molecular weight is 347 g/mol. The first-order valence-electron chi connectivity index (χ1n) is 6.70. The largest absolute Gasteiger partial charge is 0.462 e. The van der Waals surface area contributed by atoms with Gasteiger partial charge in [0, 0.05) is 24.9 Å². The second kappa shape index (κ2) is 7.28. The molecule has 5 nitrogen and oxygen atoms in total. The summed E-state index contributed by atoms with van der Waals surface area (Å²) in [6.45, 7) is 0.661. The Bertz CT molecular complexity index is 708. The number of aromatic nitrogens is 2. The van der Waals surface area contributed by atoms with Crippen LogP contribution in [0.3, 0.4) is 0 Å². The molecule has 0 spiro atoms. The number of anilines is 3. The van der Waals surface area contributed by atoms with Crippen LogP contribution in [0.25, 0.3) is 0 Å². The van der Waals surface area contributed by atoms with Crippen LogP contribution in [0, 0.1) is 11.9 Å². The van der Waals surface area contributed by atoms with E-state index in [0.717, 1.165) is 12.1 Å². The minimum atomic E-state index is -4.63. The SMILES string of the molecule is CCNc1nc(Nc2cc(OCF)[c]cc2F)ncc1C(F)(F)F. The highest BCUT2D eigenvalue weighted by Gasteiger charge is 2.35. The molecule has 0 aliphatic heterocycles. The van der Waals surface area contributed by atoms with Gasteiger partial charge >= 0.3 is 6.18 Å². The lowest BCUT2D eigenvalue weighted by Gasteiger charge is -2.14. The van der Waals surface area contributed by atoms with Gasteiger partial charge in [-0.25, -0.2) is 13.8 Å². The van der Waals surface area contributed by atoms with Gasteiger partial charge < -0.3 is 15.4 Å². The summed E-state index contributed by atoms with van der Waals surface area (Å²) in [4.78, 5) is 7.22. The molecule has 24 heavy (non-hydrogen) atoms. The second-order valence-corrected chi connectivity index (χ2v) is 4.42. The van der Waals surface area contributed by atoms with E-state index in [1.807, 2.05) is 0 Å². The number of hydrogen-bond acceptors (Lipinski definition) is 5. The molecule has 0 aliphatic rings. The van der Waals surface area contributed by atoms with Crippen molar-refractivity contribution in [1.82, 2.24) is 9.97 Å². The van der Waals surface area contributed by atoms with Crippen LogP contribution < -0.4 is 15.4 Å². The third-order valence-corrected chi connectivity index (χ3v) is 2.77. The molecule has 0 atom stereocenters. The quantitative estimate of drug-likeness (QED) is 0.776. The maximum atomic E-state index is 13.7. The molecule has 1 aromatic heterocycles. The van der Waals surface area contributed by atoms with Crippen molar-refractivity contribution in [3.8, 4) is 5.75 Å². The Morgan fingerprint density at radius 2 is 2.08 bits per heavy atom. The average Bonchev–Trinajstić information content (AvgIpc) is 2.50. The van der Waals surface area contributed by atoms with Crippen LogP contribution in [0.15, 0.2) is 18.3 Å². The lowest BCUT2D eigenvalue weighted by molar-refractivity contribution is -0.137. The predicted octanol–water partition coefficient (Wildman–Crippen LogP) is 3.92. The summed E-state index contributed by atoms with van der Waals surface area (Å²) >= 11 is 0. The minimum Gasteiger partial charge on any atom is -0.462 e. The molecule has 0 aliphatic carbocycles. The first kappa shape index (κ1) is 17.7. The van der Waals surface area contributed by atoms with E-state index in [2.05, 4.69) is 31.4 Å². The van der Waals surface area contributed by atoms with E-state index in [0.29, 0.717) is 6.20 Å². The third-order valence-electron chi connectivity index (χ3n) is 2.77. The number of hydrogen-bond donors (Lipinski definition) is 2. The highest BCUT2D eigenvalue weighted by Crippen LogP contribution is 2.34. The number of rotatable bonds is 6.